The van der Waals surface area contributed by atoms with E-state index in [2.05, 4.69) is 63.3 Å². The number of halogens is 1. The summed E-state index contributed by atoms with van der Waals surface area (Å²) in [5.74, 6) is 0.171. The minimum atomic E-state index is -0.527. The number of hydrogen-bond acceptors (Lipinski definition) is 5. The second kappa shape index (κ2) is 17.0. The average molecular weight is 796 g/mol. The quantitative estimate of drug-likeness (QED) is 0.109. The number of urea groups is 2. The number of nitrogens with zero attached hydrogens (tertiary/aromatic N) is 3. The molecule has 8 rings (SSSR count). The summed E-state index contributed by atoms with van der Waals surface area (Å²) in [7, 11) is 0. The number of allylic oxidation sites excluding steroid dienone is 3. The predicted molar refractivity (Wildman–Crippen MR) is 238 cm³/mol. The van der Waals surface area contributed by atoms with Crippen molar-refractivity contribution in [3.8, 4) is 44.8 Å². The molecular weight excluding hydrogens is 750 g/mol. The van der Waals surface area contributed by atoms with Crippen LogP contribution in [-0.2, 0) is 0 Å². The van der Waals surface area contributed by atoms with Crippen LogP contribution in [0.4, 0.5) is 25.4 Å². The number of rotatable bonds is 9. The third kappa shape index (κ3) is 7.84. The first-order valence-corrected chi connectivity index (χ1v) is 20.2. The second-order valence-corrected chi connectivity index (χ2v) is 15.1. The third-order valence-corrected chi connectivity index (χ3v) is 11.1. The molecular formula is C50H46FN7O2. The predicted octanol–water partition coefficient (Wildman–Crippen LogP) is 11.6. The van der Waals surface area contributed by atoms with E-state index in [1.165, 1.54) is 11.6 Å². The molecule has 2 aliphatic carbocycles. The van der Waals surface area contributed by atoms with Crippen molar-refractivity contribution in [2.45, 2.75) is 59.5 Å². The van der Waals surface area contributed by atoms with Gasteiger partial charge >= 0.3 is 12.1 Å². The van der Waals surface area contributed by atoms with Crippen molar-refractivity contribution < 1.29 is 14.0 Å². The Morgan fingerprint density at radius 3 is 2.22 bits per heavy atom. The zero-order valence-corrected chi connectivity index (χ0v) is 34.2. The van der Waals surface area contributed by atoms with Gasteiger partial charge in [0.05, 0.1) is 41.0 Å². The van der Waals surface area contributed by atoms with Crippen molar-refractivity contribution in [3.05, 3.63) is 173 Å². The first-order valence-electron chi connectivity index (χ1n) is 20.2. The zero-order chi connectivity index (χ0) is 41.9. The molecule has 0 spiro atoms. The van der Waals surface area contributed by atoms with Gasteiger partial charge in [0.15, 0.2) is 0 Å². The Hall–Kier alpha value is -7.20. The molecule has 2 aliphatic rings. The summed E-state index contributed by atoms with van der Waals surface area (Å²) in [5, 5.41) is 12.4. The van der Waals surface area contributed by atoms with Crippen molar-refractivity contribution in [2.75, 3.05) is 10.6 Å². The van der Waals surface area contributed by atoms with Crippen molar-refractivity contribution in [1.82, 2.24) is 25.6 Å². The van der Waals surface area contributed by atoms with Crippen molar-refractivity contribution >= 4 is 23.4 Å². The van der Waals surface area contributed by atoms with E-state index in [1.807, 2.05) is 106 Å². The first kappa shape index (κ1) is 39.6. The van der Waals surface area contributed by atoms with E-state index in [0.717, 1.165) is 57.5 Å². The van der Waals surface area contributed by atoms with Crippen LogP contribution in [0, 0.1) is 19.7 Å². The second-order valence-electron chi connectivity index (χ2n) is 15.1. The molecule has 60 heavy (non-hydrogen) atoms. The zero-order valence-electron chi connectivity index (χ0n) is 34.2. The van der Waals surface area contributed by atoms with Gasteiger partial charge in [-0.2, -0.15) is 0 Å². The van der Waals surface area contributed by atoms with Gasteiger partial charge in [-0.3, -0.25) is 4.98 Å². The highest BCUT2D eigenvalue weighted by molar-refractivity contribution is 5.98. The molecule has 0 radical (unpaired) electrons. The largest absolute Gasteiger partial charge is 0.327 e. The van der Waals surface area contributed by atoms with E-state index in [9.17, 15) is 9.59 Å². The molecule has 6 aromatic rings. The smallest absolute Gasteiger partial charge is 0.320 e. The van der Waals surface area contributed by atoms with E-state index in [0.29, 0.717) is 45.3 Å². The number of fused-ring (bicyclic) bond motifs is 3. The van der Waals surface area contributed by atoms with Crippen molar-refractivity contribution in [3.63, 3.8) is 0 Å². The summed E-state index contributed by atoms with van der Waals surface area (Å²) in [5.41, 5.74) is 12.2. The van der Waals surface area contributed by atoms with Crippen LogP contribution in [0.3, 0.4) is 0 Å². The highest BCUT2D eigenvalue weighted by atomic mass is 19.1. The Morgan fingerprint density at radius 2 is 1.43 bits per heavy atom. The molecule has 0 fully saturated rings. The number of anilines is 2. The molecule has 0 bridgehead atoms. The average Bonchev–Trinajstić information content (AvgIpc) is 3.73. The fraction of sp³-hybridized carbons (Fsp3) is 0.180. The van der Waals surface area contributed by atoms with E-state index < -0.39 is 17.9 Å². The Bertz CT molecular complexity index is 2740. The Kier molecular flexibility index (Phi) is 11.2. The fourth-order valence-electron chi connectivity index (χ4n) is 8.23. The lowest BCUT2D eigenvalue weighted by atomic mass is 9.92. The van der Waals surface area contributed by atoms with Crippen molar-refractivity contribution in [2.24, 2.45) is 0 Å². The molecule has 9 nitrogen and oxygen atoms in total. The van der Waals surface area contributed by atoms with Crippen LogP contribution in [0.15, 0.2) is 144 Å². The van der Waals surface area contributed by atoms with Crippen molar-refractivity contribution in [1.29, 1.82) is 0 Å². The minimum Gasteiger partial charge on any atom is -0.327 e. The summed E-state index contributed by atoms with van der Waals surface area (Å²) in [6.45, 7) is 9.87. The lowest BCUT2D eigenvalue weighted by molar-refractivity contribution is 0.249. The van der Waals surface area contributed by atoms with Gasteiger partial charge in [-0.1, -0.05) is 104 Å². The molecule has 2 aromatic heterocycles. The molecule has 300 valence electrons. The molecule has 2 unspecified atom stereocenters. The van der Waals surface area contributed by atoms with Gasteiger partial charge < -0.3 is 21.3 Å². The molecule has 10 heteroatoms. The fourth-order valence-corrected chi connectivity index (χ4v) is 8.23. The van der Waals surface area contributed by atoms with Crippen LogP contribution in [0.5, 0.6) is 0 Å². The maximum absolute atomic E-state index is 16.2. The number of pyridine rings is 1. The lowest BCUT2D eigenvalue weighted by Gasteiger charge is -2.19. The Labute approximate surface area is 349 Å². The highest BCUT2D eigenvalue weighted by Crippen LogP contribution is 2.49. The third-order valence-electron chi connectivity index (χ3n) is 11.1. The lowest BCUT2D eigenvalue weighted by Crippen LogP contribution is -2.38. The van der Waals surface area contributed by atoms with Gasteiger partial charge in [-0.25, -0.2) is 23.9 Å². The minimum absolute atomic E-state index is 0.243. The molecule has 4 N–H and O–H groups in total. The number of benzene rings is 4. The summed E-state index contributed by atoms with van der Waals surface area (Å²) < 4.78 is 16.2. The number of aryl methyl sites for hydroxylation is 2. The molecule has 0 saturated carbocycles. The SMILES string of the molecule is C/C=C1\CC(C)=C(/C=C\CC)C1NC(=O)Nc1ccc(C)nc1-c1ccc(F)c(-c2cccc3c2-c2ccccc2C3NC(=O)Nc2cnc(C)nc2-c2ccccc2)c1. The standard InChI is InChI=1S/C50H46FN7O2/c1-6-8-17-35-29(3)26-32(7-2)45(35)57-49(59)55-42-25-22-30(4)53-47(42)34-23-24-41(51)40(27-34)37-20-14-21-39-44(37)36-18-12-13-19-38(36)48(39)58-50(60)56-43-28-52-31(5)54-46(43)33-15-10-9-11-16-33/h7-25,27-28,45,48H,6,26H2,1-5H3,(H2,55,57,59)(H2,56,58,60)/b17-8-,32-7+. The van der Waals surface area contributed by atoms with Crippen LogP contribution < -0.4 is 21.3 Å². The molecule has 2 atom stereocenters. The number of hydrogen-bond donors (Lipinski definition) is 4. The van der Waals surface area contributed by atoms with E-state index in [-0.39, 0.29) is 12.1 Å². The number of aromatic nitrogens is 3. The normalized spacial score (nSPS) is 16.2. The summed E-state index contributed by atoms with van der Waals surface area (Å²) in [6, 6.07) is 30.2. The molecule has 0 aliphatic heterocycles. The van der Waals surface area contributed by atoms with Gasteiger partial charge in [-0.05, 0) is 110 Å². The summed E-state index contributed by atoms with van der Waals surface area (Å²) in [4.78, 5) is 41.3. The first-order chi connectivity index (χ1) is 29.1. The van der Waals surface area contributed by atoms with E-state index >= 15 is 4.39 Å². The van der Waals surface area contributed by atoms with Gasteiger partial charge in [0, 0.05) is 22.4 Å². The maximum Gasteiger partial charge on any atom is 0.320 e. The maximum atomic E-state index is 16.2. The number of nitrogens with one attached hydrogen (secondary N) is 4. The molecule has 2 heterocycles. The number of carbonyl (C=O) groups is 2. The topological polar surface area (TPSA) is 121 Å². The Balaban J connectivity index is 1.10. The van der Waals surface area contributed by atoms with Gasteiger partial charge in [0.1, 0.15) is 11.6 Å². The molecule has 0 saturated heterocycles. The summed E-state index contributed by atoms with van der Waals surface area (Å²) in [6.07, 6.45) is 9.58. The van der Waals surface area contributed by atoms with Crippen LogP contribution in [0.1, 0.15) is 62.3 Å². The Morgan fingerprint density at radius 1 is 0.733 bits per heavy atom. The molecule has 4 amide bonds. The van der Waals surface area contributed by atoms with E-state index in [1.54, 1.807) is 18.3 Å². The van der Waals surface area contributed by atoms with Crippen LogP contribution in [-0.4, -0.2) is 33.1 Å². The molecule has 4 aromatic carbocycles. The number of carbonyl (C=O) groups excluding carboxylic acids is 2. The van der Waals surface area contributed by atoms with E-state index in [4.69, 9.17) is 4.98 Å². The summed E-state index contributed by atoms with van der Waals surface area (Å²) >= 11 is 0. The van der Waals surface area contributed by atoms with Crippen LogP contribution in [0.2, 0.25) is 0 Å². The van der Waals surface area contributed by atoms with Crippen LogP contribution in [0.25, 0.3) is 44.8 Å². The van der Waals surface area contributed by atoms with Gasteiger partial charge in [0.2, 0.25) is 0 Å². The monoisotopic (exact) mass is 795 g/mol. The van der Waals surface area contributed by atoms with Crippen LogP contribution >= 0.6 is 0 Å². The van der Waals surface area contributed by atoms with Gasteiger partial charge in [-0.15, -0.1) is 0 Å². The number of amides is 4. The van der Waals surface area contributed by atoms with Gasteiger partial charge in [0.25, 0.3) is 0 Å². The highest BCUT2D eigenvalue weighted by Gasteiger charge is 2.33.